The minimum atomic E-state index is -4.68. The fourth-order valence-electron chi connectivity index (χ4n) is 1.77. The van der Waals surface area contributed by atoms with E-state index in [1.807, 2.05) is 0 Å². The van der Waals surface area contributed by atoms with Gasteiger partial charge in [0.2, 0.25) is 11.7 Å². The van der Waals surface area contributed by atoms with Gasteiger partial charge in [-0.2, -0.15) is 18.2 Å². The molecule has 6 nitrogen and oxygen atoms in total. The Labute approximate surface area is 129 Å². The third-order valence-electron chi connectivity index (χ3n) is 2.87. The van der Waals surface area contributed by atoms with Crippen LogP contribution in [0.15, 0.2) is 28.8 Å². The Morgan fingerprint density at radius 3 is 2.57 bits per heavy atom. The van der Waals surface area contributed by atoms with Gasteiger partial charge in [-0.15, -0.1) is 0 Å². The van der Waals surface area contributed by atoms with Crippen LogP contribution in [0.1, 0.15) is 11.5 Å². The number of ether oxygens (including phenoxy) is 1. The minimum absolute atomic E-state index is 0.157. The van der Waals surface area contributed by atoms with Crippen LogP contribution >= 0.6 is 0 Å². The molecule has 0 aliphatic heterocycles. The summed E-state index contributed by atoms with van der Waals surface area (Å²) in [7, 11) is 1.53. The molecular weight excluding hydrogens is 315 g/mol. The molecule has 9 heteroatoms. The lowest BCUT2D eigenvalue weighted by atomic mass is 10.1. The molecule has 23 heavy (non-hydrogen) atoms. The SMILES string of the molecule is COCCNC(=O)Cc1ccc(-c2noc(C(F)(F)F)n2)cc1. The minimum Gasteiger partial charge on any atom is -0.383 e. The number of nitrogens with one attached hydrogen (secondary N) is 1. The first-order chi connectivity index (χ1) is 10.9. The second-order valence-corrected chi connectivity index (χ2v) is 4.64. The Morgan fingerprint density at radius 1 is 1.30 bits per heavy atom. The van der Waals surface area contributed by atoms with Gasteiger partial charge in [-0.3, -0.25) is 4.79 Å². The summed E-state index contributed by atoms with van der Waals surface area (Å²) in [6, 6.07) is 6.30. The van der Waals surface area contributed by atoms with E-state index in [4.69, 9.17) is 4.74 Å². The molecule has 0 radical (unpaired) electrons. The number of alkyl halides is 3. The fraction of sp³-hybridized carbons (Fsp3) is 0.357. The second-order valence-electron chi connectivity index (χ2n) is 4.64. The Bertz CT molecular complexity index is 653. The highest BCUT2D eigenvalue weighted by Gasteiger charge is 2.38. The lowest BCUT2D eigenvalue weighted by Gasteiger charge is -2.05. The molecule has 0 saturated carbocycles. The zero-order valence-electron chi connectivity index (χ0n) is 12.2. The van der Waals surface area contributed by atoms with Crippen LogP contribution < -0.4 is 5.32 Å². The van der Waals surface area contributed by atoms with E-state index in [2.05, 4.69) is 20.0 Å². The fourth-order valence-corrected chi connectivity index (χ4v) is 1.77. The molecule has 1 amide bonds. The Balaban J connectivity index is 1.99. The van der Waals surface area contributed by atoms with Crippen molar-refractivity contribution >= 4 is 5.91 Å². The van der Waals surface area contributed by atoms with Crippen LogP contribution in [-0.4, -0.2) is 36.3 Å². The third-order valence-corrected chi connectivity index (χ3v) is 2.87. The number of benzene rings is 1. The van der Waals surface area contributed by atoms with Gasteiger partial charge in [0.1, 0.15) is 0 Å². The van der Waals surface area contributed by atoms with E-state index < -0.39 is 12.1 Å². The molecule has 1 aromatic carbocycles. The standard InChI is InChI=1S/C14H14F3N3O3/c1-22-7-6-18-11(21)8-9-2-4-10(5-3-9)12-19-13(23-20-12)14(15,16)17/h2-5H,6-8H2,1H3,(H,18,21). The molecular formula is C14H14F3N3O3. The Morgan fingerprint density at radius 2 is 2.00 bits per heavy atom. The van der Waals surface area contributed by atoms with Gasteiger partial charge in [0, 0.05) is 19.2 Å². The number of carbonyl (C=O) groups excluding carboxylic acids is 1. The van der Waals surface area contributed by atoms with Gasteiger partial charge >= 0.3 is 12.1 Å². The van der Waals surface area contributed by atoms with E-state index in [1.54, 1.807) is 12.1 Å². The predicted molar refractivity (Wildman–Crippen MR) is 73.3 cm³/mol. The van der Waals surface area contributed by atoms with E-state index >= 15 is 0 Å². The first-order valence-corrected chi connectivity index (χ1v) is 6.66. The van der Waals surface area contributed by atoms with Crippen molar-refractivity contribution in [2.45, 2.75) is 12.6 Å². The largest absolute Gasteiger partial charge is 0.471 e. The van der Waals surface area contributed by atoms with Crippen LogP contribution in [-0.2, 0) is 22.1 Å². The Kier molecular flexibility index (Phi) is 5.32. The van der Waals surface area contributed by atoms with Gasteiger partial charge in [-0.05, 0) is 5.56 Å². The molecule has 1 aromatic heterocycles. The number of nitrogens with zero attached hydrogens (tertiary/aromatic N) is 2. The summed E-state index contributed by atoms with van der Waals surface area (Å²) in [5.74, 6) is -1.73. The average molecular weight is 329 g/mol. The van der Waals surface area contributed by atoms with Gasteiger partial charge in [0.25, 0.3) is 0 Å². The van der Waals surface area contributed by atoms with E-state index in [9.17, 15) is 18.0 Å². The number of hydrogen-bond donors (Lipinski definition) is 1. The van der Waals surface area contributed by atoms with Crippen molar-refractivity contribution < 1.29 is 27.2 Å². The van der Waals surface area contributed by atoms with Crippen LogP contribution in [0.25, 0.3) is 11.4 Å². The molecule has 2 aromatic rings. The van der Waals surface area contributed by atoms with Crippen molar-refractivity contribution in [1.29, 1.82) is 0 Å². The number of carbonyl (C=O) groups is 1. The maximum Gasteiger partial charge on any atom is 0.471 e. The zero-order chi connectivity index (χ0) is 16.9. The number of hydrogen-bond acceptors (Lipinski definition) is 5. The first kappa shape index (κ1) is 16.9. The smallest absolute Gasteiger partial charge is 0.383 e. The van der Waals surface area contributed by atoms with Crippen molar-refractivity contribution in [3.8, 4) is 11.4 Å². The molecule has 0 saturated heterocycles. The van der Waals surface area contributed by atoms with Crippen LogP contribution in [0.4, 0.5) is 13.2 Å². The molecule has 0 aliphatic rings. The van der Waals surface area contributed by atoms with Crippen molar-refractivity contribution in [2.75, 3.05) is 20.3 Å². The normalized spacial score (nSPS) is 11.5. The molecule has 0 unspecified atom stereocenters. The molecule has 0 bridgehead atoms. The number of aromatic nitrogens is 2. The number of amides is 1. The topological polar surface area (TPSA) is 77.2 Å². The summed E-state index contributed by atoms with van der Waals surface area (Å²) in [6.45, 7) is 0.834. The predicted octanol–water partition coefficient (Wildman–Crippen LogP) is 2.06. The van der Waals surface area contributed by atoms with E-state index in [0.717, 1.165) is 0 Å². The molecule has 124 valence electrons. The molecule has 2 rings (SSSR count). The second kappa shape index (κ2) is 7.23. The Hall–Kier alpha value is -2.42. The van der Waals surface area contributed by atoms with Crippen LogP contribution in [0, 0.1) is 0 Å². The number of rotatable bonds is 6. The van der Waals surface area contributed by atoms with Gasteiger partial charge in [-0.25, -0.2) is 0 Å². The molecule has 0 spiro atoms. The van der Waals surface area contributed by atoms with E-state index in [1.165, 1.54) is 19.2 Å². The van der Waals surface area contributed by atoms with Crippen molar-refractivity contribution in [1.82, 2.24) is 15.5 Å². The molecule has 0 fully saturated rings. The summed E-state index contributed by atoms with van der Waals surface area (Å²) < 4.78 is 46.2. The summed E-state index contributed by atoms with van der Waals surface area (Å²) in [6.07, 6.45) is -4.52. The highest BCUT2D eigenvalue weighted by molar-refractivity contribution is 5.78. The molecule has 0 aliphatic carbocycles. The van der Waals surface area contributed by atoms with Crippen molar-refractivity contribution in [2.24, 2.45) is 0 Å². The number of methoxy groups -OCH3 is 1. The summed E-state index contributed by atoms with van der Waals surface area (Å²) >= 11 is 0. The molecule has 1 heterocycles. The summed E-state index contributed by atoms with van der Waals surface area (Å²) in [5, 5.41) is 5.96. The third kappa shape index (κ3) is 4.78. The summed E-state index contributed by atoms with van der Waals surface area (Å²) in [5.41, 5.74) is 1.08. The molecule has 0 atom stereocenters. The van der Waals surface area contributed by atoms with Crippen LogP contribution in [0.2, 0.25) is 0 Å². The van der Waals surface area contributed by atoms with Crippen molar-refractivity contribution in [3.05, 3.63) is 35.7 Å². The van der Waals surface area contributed by atoms with Crippen LogP contribution in [0.3, 0.4) is 0 Å². The lowest BCUT2D eigenvalue weighted by molar-refractivity contribution is -0.159. The highest BCUT2D eigenvalue weighted by Crippen LogP contribution is 2.29. The first-order valence-electron chi connectivity index (χ1n) is 6.66. The number of halogens is 3. The van der Waals surface area contributed by atoms with E-state index in [0.29, 0.717) is 24.3 Å². The summed E-state index contributed by atoms with van der Waals surface area (Å²) in [4.78, 5) is 14.9. The van der Waals surface area contributed by atoms with Gasteiger partial charge in [-0.1, -0.05) is 29.4 Å². The lowest BCUT2D eigenvalue weighted by Crippen LogP contribution is -2.28. The molecule has 1 N–H and O–H groups in total. The van der Waals surface area contributed by atoms with Gasteiger partial charge in [0.15, 0.2) is 0 Å². The quantitative estimate of drug-likeness (QED) is 0.821. The average Bonchev–Trinajstić information content (AvgIpc) is 2.98. The maximum absolute atomic E-state index is 12.4. The van der Waals surface area contributed by atoms with Crippen LogP contribution in [0.5, 0.6) is 0 Å². The van der Waals surface area contributed by atoms with Crippen molar-refractivity contribution in [3.63, 3.8) is 0 Å². The van der Waals surface area contributed by atoms with E-state index in [-0.39, 0.29) is 18.2 Å². The highest BCUT2D eigenvalue weighted by atomic mass is 19.4. The van der Waals surface area contributed by atoms with Gasteiger partial charge < -0.3 is 14.6 Å². The zero-order valence-corrected chi connectivity index (χ0v) is 12.2. The maximum atomic E-state index is 12.4. The van der Waals surface area contributed by atoms with Gasteiger partial charge in [0.05, 0.1) is 13.0 Å². The monoisotopic (exact) mass is 329 g/mol.